The number of Topliss-reactive ketones (excluding diaryl/α,β-unsaturated/α-hetero) is 4. The number of methoxy groups -OCH3 is 2. The molecule has 2 saturated carbocycles. The van der Waals surface area contributed by atoms with Crippen LogP contribution in [0.3, 0.4) is 0 Å². The highest BCUT2D eigenvalue weighted by Gasteiger charge is 2.40. The van der Waals surface area contributed by atoms with Gasteiger partial charge in [-0.1, -0.05) is 113 Å². The summed E-state index contributed by atoms with van der Waals surface area (Å²) < 4.78 is 23.9. The zero-order valence-electron chi connectivity index (χ0n) is 56.8. The number of rotatable bonds is 26. The van der Waals surface area contributed by atoms with Crippen LogP contribution in [0.25, 0.3) is 11.1 Å². The molecule has 3 fully saturated rings. The van der Waals surface area contributed by atoms with Gasteiger partial charge in [0.05, 0.1) is 67.6 Å². The number of hydrogen-bond donors (Lipinski definition) is 2. The number of amides is 3. The molecule has 3 unspecified atom stereocenters. The number of nitrogens with zero attached hydrogens (tertiary/aromatic N) is 4. The van der Waals surface area contributed by atoms with Crippen molar-refractivity contribution in [3.63, 3.8) is 0 Å². The Hall–Kier alpha value is -8.99. The lowest BCUT2D eigenvalue weighted by atomic mass is 9.80. The Labute approximate surface area is 565 Å². The van der Waals surface area contributed by atoms with Crippen molar-refractivity contribution in [3.8, 4) is 23.0 Å². The van der Waals surface area contributed by atoms with E-state index in [4.69, 9.17) is 28.9 Å². The number of carbonyl (C=O) groups is 7. The summed E-state index contributed by atoms with van der Waals surface area (Å²) in [6, 6.07) is 22.0. The number of fused-ring (bicyclic) bond motifs is 3. The quantitative estimate of drug-likeness (QED) is 0.0260. The number of aliphatic imine (C=N–C) groups is 2. The maximum atomic E-state index is 14.1. The van der Waals surface area contributed by atoms with Gasteiger partial charge >= 0.3 is 0 Å². The molecule has 1 saturated heterocycles. The fraction of sp³-hybridized carbons (Fsp3) is 0.456. The van der Waals surface area contributed by atoms with Crippen molar-refractivity contribution in [2.75, 3.05) is 45.4 Å². The first-order valence-electron chi connectivity index (χ1n) is 34.8. The highest BCUT2D eigenvalue weighted by molar-refractivity contribution is 6.26. The predicted molar refractivity (Wildman–Crippen MR) is 377 cm³/mol. The third kappa shape index (κ3) is 17.7. The summed E-state index contributed by atoms with van der Waals surface area (Å²) in [6.07, 6.45) is 29.3. The third-order valence-corrected chi connectivity index (χ3v) is 19.6. The van der Waals surface area contributed by atoms with E-state index in [0.29, 0.717) is 114 Å². The van der Waals surface area contributed by atoms with Crippen LogP contribution in [0.1, 0.15) is 194 Å². The first kappa shape index (κ1) is 69.8. The smallest absolute Gasteiger partial charge is 0.260 e. The molecular weight excluding hydrogens is 1210 g/mol. The lowest BCUT2D eigenvalue weighted by Gasteiger charge is -2.30. The van der Waals surface area contributed by atoms with E-state index >= 15 is 0 Å². The fourth-order valence-electron chi connectivity index (χ4n) is 13.8. The molecule has 2 N–H and O–H groups in total. The van der Waals surface area contributed by atoms with E-state index in [1.165, 1.54) is 37.6 Å². The normalized spacial score (nSPS) is 19.8. The van der Waals surface area contributed by atoms with Gasteiger partial charge in [0.15, 0.2) is 40.3 Å². The molecule has 3 amide bonds. The molecule has 4 aromatic rings. The van der Waals surface area contributed by atoms with Crippen LogP contribution in [-0.2, 0) is 30.4 Å². The Morgan fingerprint density at radius 1 is 0.729 bits per heavy atom. The van der Waals surface area contributed by atoms with Crippen molar-refractivity contribution in [2.24, 2.45) is 27.7 Å². The minimum atomic E-state index is -0.778. The molecule has 17 nitrogen and oxygen atoms in total. The van der Waals surface area contributed by atoms with Crippen molar-refractivity contribution in [1.82, 2.24) is 15.5 Å². The third-order valence-electron chi connectivity index (χ3n) is 19.6. The van der Waals surface area contributed by atoms with Crippen LogP contribution in [0.5, 0.6) is 23.0 Å². The first-order valence-corrected chi connectivity index (χ1v) is 34.8. The van der Waals surface area contributed by atoms with E-state index in [2.05, 4.69) is 52.8 Å². The van der Waals surface area contributed by atoms with Gasteiger partial charge in [-0.2, -0.15) is 0 Å². The first-order chi connectivity index (χ1) is 46.6. The molecule has 2 aliphatic carbocycles. The highest BCUT2D eigenvalue weighted by atomic mass is 16.5. The number of ketones is 4. The summed E-state index contributed by atoms with van der Waals surface area (Å²) in [6.45, 7) is 10.1. The van der Waals surface area contributed by atoms with Gasteiger partial charge in [0, 0.05) is 106 Å². The predicted octanol–water partition coefficient (Wildman–Crippen LogP) is 14.9. The number of carbonyl (C=O) groups excluding carboxylic acids is 7. The highest BCUT2D eigenvalue weighted by Crippen LogP contribution is 2.42. The zero-order chi connectivity index (χ0) is 67.7. The number of ether oxygens (including phenoxy) is 4. The summed E-state index contributed by atoms with van der Waals surface area (Å²) in [5, 5.41) is 5.81. The number of piperidine rings is 1. The van der Waals surface area contributed by atoms with Gasteiger partial charge in [-0.15, -0.1) is 0 Å². The summed E-state index contributed by atoms with van der Waals surface area (Å²) in [4.78, 5) is 108. The van der Waals surface area contributed by atoms with Crippen LogP contribution < -0.4 is 34.5 Å². The molecule has 17 heteroatoms. The maximum absolute atomic E-state index is 14.1. The van der Waals surface area contributed by atoms with Gasteiger partial charge in [0.25, 0.3) is 11.8 Å². The summed E-state index contributed by atoms with van der Waals surface area (Å²) in [7, 11) is 3.05. The average Bonchev–Trinajstić information content (AvgIpc) is 1.60. The number of nitrogens with one attached hydrogen (secondary N) is 2. The molecule has 4 aliphatic heterocycles. The number of unbranched alkanes of at least 4 members (excludes halogenated alkanes) is 3. The minimum absolute atomic E-state index is 0.0122. The molecular formula is C79H94N6O11. The Balaban J connectivity index is 0.654. The van der Waals surface area contributed by atoms with Crippen molar-refractivity contribution >= 4 is 81.5 Å². The zero-order valence-corrected chi connectivity index (χ0v) is 56.8. The number of hydrogen-bond acceptors (Lipinski definition) is 14. The Morgan fingerprint density at radius 3 is 2.06 bits per heavy atom. The number of anilines is 1. The molecule has 0 bridgehead atoms. The fourth-order valence-corrected chi connectivity index (χ4v) is 13.8. The standard InChI is InChI=1S/C79H94N6O11/c1-7-53-34-37-84(38-35-53)60-30-28-56(29-31-60)59-42-61-49-81-69-47-75(73(94-6)45-67(69)79(92)85(61)50-59)96-40-18-39-95-74-46-68-66(44-72(74)93-5)77(90)82-48-58(21-17-36-80-68)55-26-24-54(25-27-55)41-70(87)52(4)83-78(91)63(51(2)3)33-32-62(86)22-15-11-12-16-23-64-71(88)43-65(76(64)89)57-19-13-9-8-10-14-20-57/h7,23-31,33,36,44-52,57,61,65H,8-22,32,34-35,37-43H2,1-6H3,(H,82,90)(H,83,91)/b58-48+,63-33+,64-23?,80-36?. The lowest BCUT2D eigenvalue weighted by molar-refractivity contribution is -0.125. The number of benzene rings is 4. The monoisotopic (exact) mass is 1300 g/mol. The summed E-state index contributed by atoms with van der Waals surface area (Å²) >= 11 is 0. The van der Waals surface area contributed by atoms with Crippen LogP contribution >= 0.6 is 0 Å². The van der Waals surface area contributed by atoms with E-state index < -0.39 is 6.04 Å². The molecule has 506 valence electrons. The van der Waals surface area contributed by atoms with E-state index in [0.717, 1.165) is 92.3 Å². The molecule has 6 aliphatic rings. The maximum Gasteiger partial charge on any atom is 0.260 e. The SMILES string of the molecule is CC=C1CCN(c2ccc(C3=CN4C(=O)c5cc(OC)c(OCCCOc6cc7c(cc6OC)C(=O)N/C=C(/c6ccc(CC(=O)C(C)NC(=O)/C(=C/CC(=O)CCCCCC=C8C(=O)CC(C9CCCCCCC9)C8=O)C(C)C)cc6)CCC=N7)cc5N=CC4C3)cc2)CC1. The number of allylic oxidation sites excluding steroid dienone is 5. The topological polar surface area (TPSA) is 212 Å². The molecule has 4 aromatic carbocycles. The van der Waals surface area contributed by atoms with Gasteiger partial charge in [0.1, 0.15) is 5.78 Å². The molecule has 0 radical (unpaired) electrons. The second-order valence-corrected chi connectivity index (χ2v) is 26.5. The molecule has 4 heterocycles. The minimum Gasteiger partial charge on any atom is -0.493 e. The lowest BCUT2D eigenvalue weighted by Crippen LogP contribution is -2.40. The Morgan fingerprint density at radius 2 is 1.39 bits per heavy atom. The second-order valence-electron chi connectivity index (χ2n) is 26.5. The van der Waals surface area contributed by atoms with Crippen LogP contribution in [0, 0.1) is 17.8 Å². The van der Waals surface area contributed by atoms with Gasteiger partial charge in [-0.25, -0.2) is 0 Å². The molecule has 10 rings (SSSR count). The van der Waals surface area contributed by atoms with Gasteiger partial charge in [-0.3, -0.25) is 43.5 Å². The largest absolute Gasteiger partial charge is 0.493 e. The van der Waals surface area contributed by atoms with Gasteiger partial charge in [0.2, 0.25) is 5.91 Å². The van der Waals surface area contributed by atoms with Crippen LogP contribution in [0.2, 0.25) is 0 Å². The van der Waals surface area contributed by atoms with E-state index in [1.807, 2.05) is 56.6 Å². The average molecular weight is 1300 g/mol. The van der Waals surface area contributed by atoms with Gasteiger partial charge < -0.3 is 39.4 Å². The Kier molecular flexibility index (Phi) is 24.4. The van der Waals surface area contributed by atoms with Gasteiger partial charge in [-0.05, 0) is 136 Å². The molecule has 3 atom stereocenters. The van der Waals surface area contributed by atoms with Crippen molar-refractivity contribution in [3.05, 3.63) is 148 Å². The van der Waals surface area contributed by atoms with Crippen LogP contribution in [-0.4, -0.2) is 111 Å². The summed E-state index contributed by atoms with van der Waals surface area (Å²) in [5.41, 5.74) is 9.88. The molecule has 0 spiro atoms. The van der Waals surface area contributed by atoms with Crippen molar-refractivity contribution < 1.29 is 52.5 Å². The summed E-state index contributed by atoms with van der Waals surface area (Å²) in [5.74, 6) is 0.584. The molecule has 0 aromatic heterocycles. The van der Waals surface area contributed by atoms with E-state index in [9.17, 15) is 33.6 Å². The van der Waals surface area contributed by atoms with Crippen molar-refractivity contribution in [1.29, 1.82) is 0 Å². The molecule has 96 heavy (non-hydrogen) atoms. The van der Waals surface area contributed by atoms with Crippen molar-refractivity contribution in [2.45, 2.75) is 175 Å². The van der Waals surface area contributed by atoms with Crippen LogP contribution in [0.15, 0.2) is 130 Å². The van der Waals surface area contributed by atoms with Crippen LogP contribution in [0.4, 0.5) is 17.1 Å². The second kappa shape index (κ2) is 33.6. The Bertz CT molecular complexity index is 3740. The van der Waals surface area contributed by atoms with E-state index in [-0.39, 0.29) is 84.8 Å². The van der Waals surface area contributed by atoms with E-state index in [1.54, 1.807) is 61.7 Å².